The largest absolute Gasteiger partial charge is 0.465 e. The summed E-state index contributed by atoms with van der Waals surface area (Å²) in [6.07, 6.45) is 0. The number of methoxy groups -OCH3 is 1. The second-order valence-electron chi connectivity index (χ2n) is 6.74. The molecule has 0 aliphatic heterocycles. The molecule has 1 unspecified atom stereocenters. The second-order valence-corrected chi connectivity index (χ2v) is 8.44. The van der Waals surface area contributed by atoms with Crippen molar-refractivity contribution in [1.82, 2.24) is 4.72 Å². The molecule has 1 aromatic heterocycles. The molecular weight excluding hydrogens is 404 g/mol. The zero-order chi connectivity index (χ0) is 21.7. The van der Waals surface area contributed by atoms with Crippen molar-refractivity contribution in [2.45, 2.75) is 24.8 Å². The van der Waals surface area contributed by atoms with Crippen LogP contribution in [0.3, 0.4) is 0 Å². The van der Waals surface area contributed by atoms with E-state index in [0.29, 0.717) is 0 Å². The van der Waals surface area contributed by atoms with Crippen molar-refractivity contribution in [1.29, 1.82) is 0 Å². The summed E-state index contributed by atoms with van der Waals surface area (Å²) < 4.78 is 38.9. The minimum atomic E-state index is -4.04. The van der Waals surface area contributed by atoms with Crippen LogP contribution in [-0.2, 0) is 14.8 Å². The number of nitrogens with one attached hydrogen (secondary N) is 2. The van der Waals surface area contributed by atoms with Crippen molar-refractivity contribution < 1.29 is 22.4 Å². The van der Waals surface area contributed by atoms with Gasteiger partial charge in [-0.2, -0.15) is 0 Å². The number of para-hydroxylation sites is 1. The van der Waals surface area contributed by atoms with E-state index < -0.39 is 16.0 Å². The molecule has 1 atom stereocenters. The maximum Gasteiger partial charge on any atom is 0.342 e. The van der Waals surface area contributed by atoms with Crippen molar-refractivity contribution in [3.63, 3.8) is 0 Å². The van der Waals surface area contributed by atoms with Crippen LogP contribution in [0.4, 0.5) is 5.69 Å². The average molecular weight is 429 g/mol. The van der Waals surface area contributed by atoms with E-state index in [4.69, 9.17) is 9.15 Å². The summed E-state index contributed by atoms with van der Waals surface area (Å²) in [6, 6.07) is 18.7. The Kier molecular flexibility index (Phi) is 6.59. The minimum Gasteiger partial charge on any atom is -0.465 e. The number of esters is 1. The Labute approximate surface area is 176 Å². The molecule has 0 fully saturated rings. The first-order valence-corrected chi connectivity index (χ1v) is 10.9. The summed E-state index contributed by atoms with van der Waals surface area (Å²) in [4.78, 5) is 11.9. The van der Waals surface area contributed by atoms with Gasteiger partial charge in [-0.25, -0.2) is 17.9 Å². The fourth-order valence-corrected chi connectivity index (χ4v) is 4.71. The number of benzene rings is 2. The number of carbonyl (C=O) groups excluding carboxylic acids is 1. The lowest BCUT2D eigenvalue weighted by atomic mass is 10.1. The molecule has 7 nitrogen and oxygen atoms in total. The molecule has 0 aliphatic carbocycles. The Balaban J connectivity index is 1.89. The molecule has 3 rings (SSSR count). The fraction of sp³-hybridized carbons (Fsp3) is 0.227. The van der Waals surface area contributed by atoms with Crippen molar-refractivity contribution in [2.75, 3.05) is 19.0 Å². The molecule has 0 aliphatic rings. The predicted octanol–water partition coefficient (Wildman–Crippen LogP) is 3.81. The molecule has 2 aromatic carbocycles. The van der Waals surface area contributed by atoms with Crippen LogP contribution in [-0.4, -0.2) is 28.0 Å². The van der Waals surface area contributed by atoms with E-state index in [1.807, 2.05) is 60.7 Å². The molecule has 0 radical (unpaired) electrons. The molecule has 0 saturated heterocycles. The molecule has 2 N–H and O–H groups in total. The van der Waals surface area contributed by atoms with Gasteiger partial charge in [0.05, 0.1) is 13.2 Å². The highest BCUT2D eigenvalue weighted by Gasteiger charge is 2.32. The maximum absolute atomic E-state index is 13.1. The first-order valence-electron chi connectivity index (χ1n) is 9.38. The summed E-state index contributed by atoms with van der Waals surface area (Å²) >= 11 is 0. The topological polar surface area (TPSA) is 97.6 Å². The van der Waals surface area contributed by atoms with Gasteiger partial charge in [-0.15, -0.1) is 0 Å². The van der Waals surface area contributed by atoms with Crippen molar-refractivity contribution in [3.8, 4) is 0 Å². The molecule has 8 heteroatoms. The normalized spacial score (nSPS) is 12.4. The maximum atomic E-state index is 13.1. The Morgan fingerprint density at radius 3 is 2.20 bits per heavy atom. The summed E-state index contributed by atoms with van der Waals surface area (Å²) in [5.74, 6) is -0.429. The van der Waals surface area contributed by atoms with Gasteiger partial charge in [0, 0.05) is 12.2 Å². The van der Waals surface area contributed by atoms with E-state index in [1.165, 1.54) is 21.0 Å². The highest BCUT2D eigenvalue weighted by molar-refractivity contribution is 7.89. The number of hydrogen-bond donors (Lipinski definition) is 2. The molecule has 1 heterocycles. The number of aryl methyl sites for hydroxylation is 2. The Bertz CT molecular complexity index is 1110. The minimum absolute atomic E-state index is 0.0610. The lowest BCUT2D eigenvalue weighted by molar-refractivity contribution is 0.0595. The quantitative estimate of drug-likeness (QED) is 0.530. The van der Waals surface area contributed by atoms with Crippen LogP contribution < -0.4 is 10.0 Å². The van der Waals surface area contributed by atoms with Crippen LogP contribution in [0.25, 0.3) is 0 Å². The third kappa shape index (κ3) is 4.72. The van der Waals surface area contributed by atoms with Gasteiger partial charge in [-0.3, -0.25) is 0 Å². The molecule has 0 bridgehead atoms. The molecule has 0 spiro atoms. The number of furan rings is 1. The van der Waals surface area contributed by atoms with Gasteiger partial charge in [0.2, 0.25) is 10.0 Å². The highest BCUT2D eigenvalue weighted by atomic mass is 32.2. The van der Waals surface area contributed by atoms with Crippen LogP contribution in [0.15, 0.2) is 70.0 Å². The number of anilines is 1. The molecule has 3 aromatic rings. The fourth-order valence-electron chi connectivity index (χ4n) is 3.26. The first-order chi connectivity index (χ1) is 14.3. The first kappa shape index (κ1) is 21.6. The third-order valence-electron chi connectivity index (χ3n) is 4.66. The number of sulfonamides is 1. The standard InChI is InChI=1S/C22H24N2O5S/c1-15-20(22(25)28-3)21(16(2)29-15)30(26,27)23-14-19(17-10-6-4-7-11-17)24-18-12-8-5-9-13-18/h4-13,19,23-24H,14H2,1-3H3. The smallest absolute Gasteiger partial charge is 0.342 e. The van der Waals surface area contributed by atoms with Gasteiger partial charge in [-0.1, -0.05) is 48.5 Å². The van der Waals surface area contributed by atoms with Gasteiger partial charge >= 0.3 is 5.97 Å². The van der Waals surface area contributed by atoms with E-state index in [0.717, 1.165) is 11.3 Å². The SMILES string of the molecule is COC(=O)c1c(C)oc(C)c1S(=O)(=O)NCC(Nc1ccccc1)c1ccccc1. The van der Waals surface area contributed by atoms with Crippen LogP contribution >= 0.6 is 0 Å². The van der Waals surface area contributed by atoms with Crippen LogP contribution in [0.5, 0.6) is 0 Å². The van der Waals surface area contributed by atoms with E-state index in [-0.39, 0.29) is 34.6 Å². The van der Waals surface area contributed by atoms with E-state index in [9.17, 15) is 13.2 Å². The van der Waals surface area contributed by atoms with Crippen molar-refractivity contribution in [3.05, 3.63) is 83.3 Å². The van der Waals surface area contributed by atoms with Crippen molar-refractivity contribution in [2.24, 2.45) is 0 Å². The van der Waals surface area contributed by atoms with Crippen LogP contribution in [0.2, 0.25) is 0 Å². The van der Waals surface area contributed by atoms with Crippen molar-refractivity contribution >= 4 is 21.7 Å². The Morgan fingerprint density at radius 2 is 1.60 bits per heavy atom. The number of rotatable bonds is 8. The second kappa shape index (κ2) is 9.15. The number of hydrogen-bond acceptors (Lipinski definition) is 6. The molecule has 158 valence electrons. The third-order valence-corrected chi connectivity index (χ3v) is 6.23. The van der Waals surface area contributed by atoms with E-state index in [2.05, 4.69) is 10.0 Å². The summed E-state index contributed by atoms with van der Waals surface area (Å²) in [7, 11) is -2.84. The number of ether oxygens (including phenoxy) is 1. The average Bonchev–Trinajstić information content (AvgIpc) is 3.06. The van der Waals surface area contributed by atoms with Gasteiger partial charge in [-0.05, 0) is 31.5 Å². The van der Waals surface area contributed by atoms with E-state index >= 15 is 0 Å². The molecule has 30 heavy (non-hydrogen) atoms. The van der Waals surface area contributed by atoms with Crippen LogP contribution in [0, 0.1) is 13.8 Å². The summed E-state index contributed by atoms with van der Waals surface area (Å²) in [6.45, 7) is 3.10. The zero-order valence-electron chi connectivity index (χ0n) is 17.0. The van der Waals surface area contributed by atoms with Crippen LogP contribution in [0.1, 0.15) is 33.5 Å². The summed E-state index contributed by atoms with van der Waals surface area (Å²) in [5, 5.41) is 3.35. The van der Waals surface area contributed by atoms with Gasteiger partial charge in [0.25, 0.3) is 0 Å². The molecule has 0 amide bonds. The zero-order valence-corrected chi connectivity index (χ0v) is 17.8. The van der Waals surface area contributed by atoms with Gasteiger partial charge in [0.1, 0.15) is 22.0 Å². The van der Waals surface area contributed by atoms with E-state index in [1.54, 1.807) is 0 Å². The molecular formula is C22H24N2O5S. The number of carbonyl (C=O) groups is 1. The van der Waals surface area contributed by atoms with Gasteiger partial charge in [0.15, 0.2) is 0 Å². The Morgan fingerprint density at radius 1 is 1.00 bits per heavy atom. The predicted molar refractivity (Wildman–Crippen MR) is 114 cm³/mol. The Hall–Kier alpha value is -3.10. The molecule has 0 saturated carbocycles. The lowest BCUT2D eigenvalue weighted by Gasteiger charge is -2.21. The summed E-state index contributed by atoms with van der Waals surface area (Å²) in [5.41, 5.74) is 1.68. The van der Waals surface area contributed by atoms with Gasteiger partial charge < -0.3 is 14.5 Å². The highest BCUT2D eigenvalue weighted by Crippen LogP contribution is 2.28. The monoisotopic (exact) mass is 428 g/mol. The lowest BCUT2D eigenvalue weighted by Crippen LogP contribution is -2.32.